The normalized spacial score (nSPS) is 17.2. The van der Waals surface area contributed by atoms with Crippen LogP contribution in [-0.2, 0) is 20.6 Å². The van der Waals surface area contributed by atoms with Gasteiger partial charge >= 0.3 is 0 Å². The molecule has 1 aromatic heterocycles. The van der Waals surface area contributed by atoms with E-state index in [1.54, 1.807) is 12.1 Å². The van der Waals surface area contributed by atoms with Gasteiger partial charge < -0.3 is 10.2 Å². The number of anilines is 1. The van der Waals surface area contributed by atoms with Gasteiger partial charge in [0.15, 0.2) is 0 Å². The third-order valence-electron chi connectivity index (χ3n) is 4.48. The quantitative estimate of drug-likeness (QED) is 0.859. The van der Waals surface area contributed by atoms with Gasteiger partial charge in [-0.25, -0.2) is 9.07 Å². The summed E-state index contributed by atoms with van der Waals surface area (Å²) < 4.78 is 15.2. The number of halogens is 1. The van der Waals surface area contributed by atoms with Crippen molar-refractivity contribution in [2.24, 2.45) is 5.16 Å². The first kappa shape index (κ1) is 20.0. The summed E-state index contributed by atoms with van der Waals surface area (Å²) >= 11 is 0. The second-order valence-corrected chi connectivity index (χ2v) is 9.08. The molecule has 0 saturated heterocycles. The van der Waals surface area contributed by atoms with Crippen molar-refractivity contribution in [3.63, 3.8) is 0 Å². The van der Waals surface area contributed by atoms with Crippen LogP contribution in [0.25, 0.3) is 0 Å². The van der Waals surface area contributed by atoms with Gasteiger partial charge in [-0.15, -0.1) is 0 Å². The first-order valence-corrected chi connectivity index (χ1v) is 9.36. The Morgan fingerprint density at radius 3 is 2.54 bits per heavy atom. The van der Waals surface area contributed by atoms with Gasteiger partial charge in [0.1, 0.15) is 11.6 Å². The largest absolute Gasteiger partial charge is 0.382 e. The highest BCUT2D eigenvalue weighted by Crippen LogP contribution is 2.29. The van der Waals surface area contributed by atoms with Crippen molar-refractivity contribution in [2.75, 3.05) is 5.32 Å². The van der Waals surface area contributed by atoms with Gasteiger partial charge in [0.05, 0.1) is 16.9 Å². The number of carbonyl (C=O) groups is 1. The zero-order valence-corrected chi connectivity index (χ0v) is 17.2. The number of nitrogens with zero attached hydrogens (tertiary/aromatic N) is 3. The molecule has 0 fully saturated rings. The van der Waals surface area contributed by atoms with Crippen LogP contribution in [-0.4, -0.2) is 27.5 Å². The van der Waals surface area contributed by atoms with Gasteiger partial charge in [-0.1, -0.05) is 38.1 Å². The van der Waals surface area contributed by atoms with E-state index >= 15 is 0 Å². The van der Waals surface area contributed by atoms with Crippen LogP contribution in [0.1, 0.15) is 59.2 Å². The summed E-state index contributed by atoms with van der Waals surface area (Å²) in [6.45, 7) is 12.3. The zero-order valence-electron chi connectivity index (χ0n) is 17.2. The summed E-state index contributed by atoms with van der Waals surface area (Å²) in [7, 11) is 0. The first-order valence-electron chi connectivity index (χ1n) is 9.36. The molecule has 1 atom stereocenters. The van der Waals surface area contributed by atoms with E-state index in [1.807, 2.05) is 31.5 Å². The van der Waals surface area contributed by atoms with Crippen LogP contribution in [0, 0.1) is 5.82 Å². The molecule has 1 N–H and O–H groups in total. The lowest BCUT2D eigenvalue weighted by molar-refractivity contribution is -0.125. The molecule has 0 aliphatic carbocycles. The van der Waals surface area contributed by atoms with Crippen molar-refractivity contribution in [1.29, 1.82) is 0 Å². The highest BCUT2D eigenvalue weighted by molar-refractivity contribution is 6.06. The minimum Gasteiger partial charge on any atom is -0.382 e. The van der Waals surface area contributed by atoms with Crippen molar-refractivity contribution >= 4 is 17.4 Å². The number of benzene rings is 1. The highest BCUT2D eigenvalue weighted by atomic mass is 19.1. The van der Waals surface area contributed by atoms with Crippen LogP contribution in [0.15, 0.2) is 35.5 Å². The molecule has 0 radical (unpaired) electrons. The summed E-state index contributed by atoms with van der Waals surface area (Å²) in [5.74, 6) is -0.0388. The SMILES string of the molecule is CC(C)(C)c1cc(NC(=O)C2CC(c3cccc(F)c3)=NO2)n(C(C)(C)C)n1. The predicted octanol–water partition coefficient (Wildman–Crippen LogP) is 4.21. The molecule has 150 valence electrons. The highest BCUT2D eigenvalue weighted by Gasteiger charge is 2.32. The van der Waals surface area contributed by atoms with E-state index in [9.17, 15) is 9.18 Å². The molecule has 0 bridgehead atoms. The van der Waals surface area contributed by atoms with Gasteiger partial charge in [-0.2, -0.15) is 5.10 Å². The Balaban J connectivity index is 1.76. The summed E-state index contributed by atoms with van der Waals surface area (Å²) in [6.07, 6.45) is -0.481. The maximum Gasteiger partial charge on any atom is 0.269 e. The van der Waals surface area contributed by atoms with Crippen molar-refractivity contribution < 1.29 is 14.0 Å². The van der Waals surface area contributed by atoms with E-state index in [0.29, 0.717) is 17.1 Å². The van der Waals surface area contributed by atoms with E-state index in [4.69, 9.17) is 9.94 Å². The second-order valence-electron chi connectivity index (χ2n) is 9.08. The van der Waals surface area contributed by atoms with E-state index in [2.05, 4.69) is 31.2 Å². The number of hydrogen-bond acceptors (Lipinski definition) is 4. The number of rotatable bonds is 3. The molecular weight excluding hydrogens is 359 g/mol. The van der Waals surface area contributed by atoms with Crippen LogP contribution < -0.4 is 5.32 Å². The average Bonchev–Trinajstić information content (AvgIpc) is 3.21. The number of oxime groups is 1. The molecule has 7 heteroatoms. The summed E-state index contributed by atoms with van der Waals surface area (Å²) in [5.41, 5.74) is 1.62. The topological polar surface area (TPSA) is 68.5 Å². The summed E-state index contributed by atoms with van der Waals surface area (Å²) in [5, 5.41) is 11.6. The van der Waals surface area contributed by atoms with Crippen LogP contribution >= 0.6 is 0 Å². The minimum absolute atomic E-state index is 0.145. The average molecular weight is 386 g/mol. The monoisotopic (exact) mass is 386 g/mol. The molecule has 1 aromatic carbocycles. The van der Waals surface area contributed by atoms with Crippen molar-refractivity contribution in [1.82, 2.24) is 9.78 Å². The third kappa shape index (κ3) is 4.24. The minimum atomic E-state index is -0.764. The number of aromatic nitrogens is 2. The van der Waals surface area contributed by atoms with Gasteiger partial charge in [0.25, 0.3) is 5.91 Å². The molecule has 1 aliphatic heterocycles. The summed E-state index contributed by atoms with van der Waals surface area (Å²) in [6, 6.07) is 8.00. The second kappa shape index (κ2) is 7.04. The third-order valence-corrected chi connectivity index (χ3v) is 4.48. The molecular formula is C21H27FN4O2. The van der Waals surface area contributed by atoms with Crippen LogP contribution in [0.4, 0.5) is 10.2 Å². The Morgan fingerprint density at radius 2 is 1.93 bits per heavy atom. The Kier molecular flexibility index (Phi) is 5.04. The lowest BCUT2D eigenvalue weighted by Crippen LogP contribution is -2.32. The molecule has 0 spiro atoms. The van der Waals surface area contributed by atoms with Gasteiger partial charge in [-0.3, -0.25) is 4.79 Å². The number of nitrogens with one attached hydrogen (secondary N) is 1. The lowest BCUT2D eigenvalue weighted by atomic mass is 9.92. The molecule has 2 aromatic rings. The molecule has 2 heterocycles. The standard InChI is InChI=1S/C21H27FN4O2/c1-20(2,3)17-12-18(26(24-17)21(4,5)6)23-19(27)16-11-15(25-28-16)13-8-7-9-14(22)10-13/h7-10,12,16H,11H2,1-6H3,(H,23,27). The van der Waals surface area contributed by atoms with E-state index in [-0.39, 0.29) is 29.1 Å². The molecule has 1 amide bonds. The Bertz CT molecular complexity index is 919. The smallest absolute Gasteiger partial charge is 0.269 e. The van der Waals surface area contributed by atoms with Crippen molar-refractivity contribution in [3.8, 4) is 0 Å². The van der Waals surface area contributed by atoms with E-state index in [0.717, 1.165) is 5.69 Å². The van der Waals surface area contributed by atoms with Gasteiger partial charge in [-0.05, 0) is 32.9 Å². The van der Waals surface area contributed by atoms with Gasteiger partial charge in [0, 0.05) is 23.5 Å². The van der Waals surface area contributed by atoms with Crippen LogP contribution in [0.3, 0.4) is 0 Å². The number of amides is 1. The fourth-order valence-electron chi connectivity index (χ4n) is 2.91. The molecule has 1 unspecified atom stereocenters. The Hall–Kier alpha value is -2.70. The van der Waals surface area contributed by atoms with Crippen molar-refractivity contribution in [3.05, 3.63) is 47.4 Å². The predicted molar refractivity (Wildman–Crippen MR) is 107 cm³/mol. The molecule has 0 saturated carbocycles. The molecule has 6 nitrogen and oxygen atoms in total. The fraction of sp³-hybridized carbons (Fsp3) is 0.476. The molecule has 1 aliphatic rings. The molecule has 28 heavy (non-hydrogen) atoms. The number of hydrogen-bond donors (Lipinski definition) is 1. The van der Waals surface area contributed by atoms with Crippen LogP contribution in [0.5, 0.6) is 0 Å². The zero-order chi connectivity index (χ0) is 20.7. The van der Waals surface area contributed by atoms with E-state index in [1.165, 1.54) is 12.1 Å². The van der Waals surface area contributed by atoms with E-state index < -0.39 is 6.10 Å². The molecule has 3 rings (SSSR count). The lowest BCUT2D eigenvalue weighted by Gasteiger charge is -2.23. The number of carbonyl (C=O) groups excluding carboxylic acids is 1. The fourth-order valence-corrected chi connectivity index (χ4v) is 2.91. The Labute approximate surface area is 164 Å². The maximum atomic E-state index is 13.4. The Morgan fingerprint density at radius 1 is 1.21 bits per heavy atom. The summed E-state index contributed by atoms with van der Waals surface area (Å²) in [4.78, 5) is 18.1. The van der Waals surface area contributed by atoms with Crippen LogP contribution in [0.2, 0.25) is 0 Å². The van der Waals surface area contributed by atoms with Gasteiger partial charge in [0.2, 0.25) is 6.10 Å². The van der Waals surface area contributed by atoms with Crippen molar-refractivity contribution in [2.45, 2.75) is 65.0 Å². The maximum absolute atomic E-state index is 13.4. The first-order chi connectivity index (χ1) is 12.9.